The van der Waals surface area contributed by atoms with Gasteiger partial charge in [0.05, 0.1) is 13.7 Å². The number of hydrogen-bond donors (Lipinski definition) is 1. The maximum absolute atomic E-state index is 12.8. The molecule has 0 saturated carbocycles. The van der Waals surface area contributed by atoms with Crippen molar-refractivity contribution in [2.45, 2.75) is 13.2 Å². The van der Waals surface area contributed by atoms with Crippen LogP contribution >= 0.6 is 77.0 Å². The number of rotatable bonds is 6. The van der Waals surface area contributed by atoms with Crippen molar-refractivity contribution in [3.8, 4) is 5.75 Å². The summed E-state index contributed by atoms with van der Waals surface area (Å²) in [6.07, 6.45) is 1.70. The first-order valence-electron chi connectivity index (χ1n) is 9.75. The first-order chi connectivity index (χ1) is 15.8. The van der Waals surface area contributed by atoms with Crippen molar-refractivity contribution in [3.63, 3.8) is 0 Å². The van der Waals surface area contributed by atoms with Gasteiger partial charge in [0, 0.05) is 8.95 Å². The van der Waals surface area contributed by atoms with Crippen LogP contribution in [0.2, 0.25) is 0 Å². The number of imide groups is 1. The molecule has 0 spiro atoms. The highest BCUT2D eigenvalue weighted by molar-refractivity contribution is 14.1. The first-order valence-corrected chi connectivity index (χ1v) is 13.5. The van der Waals surface area contributed by atoms with Gasteiger partial charge in [-0.15, -0.1) is 0 Å². The Morgan fingerprint density at radius 2 is 1.42 bits per heavy atom. The highest BCUT2D eigenvalue weighted by Crippen LogP contribution is 2.31. The molecule has 1 aliphatic heterocycles. The van der Waals surface area contributed by atoms with E-state index in [1.807, 2.05) is 60.7 Å². The van der Waals surface area contributed by atoms with Crippen LogP contribution in [0, 0.1) is 7.14 Å². The molecule has 33 heavy (non-hydrogen) atoms. The van der Waals surface area contributed by atoms with Crippen LogP contribution in [-0.2, 0) is 17.9 Å². The molecule has 0 bridgehead atoms. The molecule has 0 radical (unpaired) electrons. The smallest absolute Gasteiger partial charge is 0.329 e. The highest BCUT2D eigenvalue weighted by Gasteiger charge is 2.33. The van der Waals surface area contributed by atoms with Gasteiger partial charge < -0.3 is 10.1 Å². The number of carbonyl (C=O) groups is 2. The van der Waals surface area contributed by atoms with Gasteiger partial charge >= 0.3 is 6.03 Å². The van der Waals surface area contributed by atoms with Crippen LogP contribution in [0.25, 0.3) is 6.08 Å². The molecule has 168 valence electrons. The third-order valence-corrected chi connectivity index (χ3v) is 7.50. The molecule has 1 aliphatic rings. The van der Waals surface area contributed by atoms with E-state index in [4.69, 9.17) is 4.74 Å². The normalized spacial score (nSPS) is 14.7. The van der Waals surface area contributed by atoms with E-state index in [-0.39, 0.29) is 18.1 Å². The van der Waals surface area contributed by atoms with Crippen molar-refractivity contribution < 1.29 is 14.3 Å². The molecular formula is C24H16Br2I2N2O3. The number of urea groups is 1. The number of nitrogens with one attached hydrogen (secondary N) is 1. The van der Waals surface area contributed by atoms with Gasteiger partial charge in [0.2, 0.25) is 0 Å². The summed E-state index contributed by atoms with van der Waals surface area (Å²) in [5, 5.41) is 2.69. The molecule has 5 nitrogen and oxygen atoms in total. The van der Waals surface area contributed by atoms with Gasteiger partial charge in [0.25, 0.3) is 5.91 Å². The van der Waals surface area contributed by atoms with Crippen LogP contribution < -0.4 is 10.1 Å². The number of benzene rings is 3. The third kappa shape index (κ3) is 6.17. The fourth-order valence-corrected chi connectivity index (χ4v) is 5.85. The number of hydrogen-bond acceptors (Lipinski definition) is 3. The Hall–Kier alpha value is -1.44. The first kappa shape index (κ1) is 24.7. The van der Waals surface area contributed by atoms with E-state index in [2.05, 4.69) is 82.4 Å². The monoisotopic (exact) mass is 792 g/mol. The molecular weight excluding hydrogens is 778 g/mol. The maximum atomic E-state index is 12.8. The fraction of sp³-hybridized carbons (Fsp3) is 0.0833. The van der Waals surface area contributed by atoms with E-state index >= 15 is 0 Å². The number of nitrogens with zero attached hydrogens (tertiary/aromatic N) is 1. The van der Waals surface area contributed by atoms with Gasteiger partial charge in [-0.3, -0.25) is 9.69 Å². The second-order valence-electron chi connectivity index (χ2n) is 7.23. The average Bonchev–Trinajstić information content (AvgIpc) is 3.03. The molecule has 1 saturated heterocycles. The van der Waals surface area contributed by atoms with Crippen molar-refractivity contribution in [1.82, 2.24) is 10.2 Å². The predicted molar refractivity (Wildman–Crippen MR) is 152 cm³/mol. The van der Waals surface area contributed by atoms with Crippen LogP contribution in [0.15, 0.2) is 75.3 Å². The number of amides is 3. The van der Waals surface area contributed by atoms with Crippen molar-refractivity contribution in [2.24, 2.45) is 0 Å². The Morgan fingerprint density at radius 1 is 0.879 bits per heavy atom. The lowest BCUT2D eigenvalue weighted by molar-refractivity contribution is -0.123. The molecule has 3 amide bonds. The van der Waals surface area contributed by atoms with Crippen molar-refractivity contribution in [1.29, 1.82) is 0 Å². The van der Waals surface area contributed by atoms with Crippen LogP contribution in [0.1, 0.15) is 16.7 Å². The van der Waals surface area contributed by atoms with Gasteiger partial charge in [-0.1, -0.05) is 56.1 Å². The molecule has 1 heterocycles. The Kier molecular flexibility index (Phi) is 8.13. The van der Waals surface area contributed by atoms with Crippen LogP contribution in [0.5, 0.6) is 5.75 Å². The van der Waals surface area contributed by atoms with Crippen LogP contribution in [-0.4, -0.2) is 16.8 Å². The van der Waals surface area contributed by atoms with Crippen LogP contribution in [0.4, 0.5) is 4.79 Å². The molecule has 3 aromatic carbocycles. The Bertz CT molecular complexity index is 1220. The minimum atomic E-state index is -0.423. The minimum absolute atomic E-state index is 0.215. The van der Waals surface area contributed by atoms with E-state index < -0.39 is 6.03 Å². The standard InChI is InChI=1S/C24H16Br2I2N2O3/c25-17-5-1-14(2-6-17)12-30-23(31)21(29-24(30)32)11-16-9-19(27)22(20(28)10-16)33-13-15-3-7-18(26)8-4-15/h1-11H,12-13H2,(H,29,32)/b21-11+. The molecule has 9 heteroatoms. The number of carbonyl (C=O) groups excluding carboxylic acids is 2. The van der Waals surface area contributed by atoms with E-state index in [1.54, 1.807) is 6.08 Å². The van der Waals surface area contributed by atoms with E-state index in [1.165, 1.54) is 4.90 Å². The second kappa shape index (κ2) is 10.9. The number of ether oxygens (including phenoxy) is 1. The summed E-state index contributed by atoms with van der Waals surface area (Å²) in [5.41, 5.74) is 3.02. The van der Waals surface area contributed by atoms with Crippen molar-refractivity contribution in [2.75, 3.05) is 0 Å². The topological polar surface area (TPSA) is 58.6 Å². The summed E-state index contributed by atoms with van der Waals surface area (Å²) in [5.74, 6) is 0.448. The predicted octanol–water partition coefficient (Wildman–Crippen LogP) is 7.09. The summed E-state index contributed by atoms with van der Waals surface area (Å²) in [4.78, 5) is 26.5. The lowest BCUT2D eigenvalue weighted by atomic mass is 10.1. The van der Waals surface area contributed by atoms with Gasteiger partial charge in [-0.05, 0) is 104 Å². The van der Waals surface area contributed by atoms with Crippen molar-refractivity contribution in [3.05, 3.63) is 99.1 Å². The second-order valence-corrected chi connectivity index (χ2v) is 11.4. The molecule has 4 rings (SSSR count). The quantitative estimate of drug-likeness (QED) is 0.165. The SMILES string of the molecule is O=C1N/C(=C/c2cc(I)c(OCc3ccc(Br)cc3)c(I)c2)C(=O)N1Cc1ccc(Br)cc1. The van der Waals surface area contributed by atoms with E-state index in [9.17, 15) is 9.59 Å². The Morgan fingerprint density at radius 3 is 2.00 bits per heavy atom. The maximum Gasteiger partial charge on any atom is 0.329 e. The minimum Gasteiger partial charge on any atom is -0.487 e. The average molecular weight is 794 g/mol. The number of halogens is 4. The molecule has 3 aromatic rings. The van der Waals surface area contributed by atoms with Crippen LogP contribution in [0.3, 0.4) is 0 Å². The van der Waals surface area contributed by atoms with Gasteiger partial charge in [-0.2, -0.15) is 0 Å². The Labute approximate surface area is 235 Å². The fourth-order valence-electron chi connectivity index (χ4n) is 3.19. The largest absolute Gasteiger partial charge is 0.487 e. The van der Waals surface area contributed by atoms with Gasteiger partial charge in [0.1, 0.15) is 18.1 Å². The summed E-state index contributed by atoms with van der Waals surface area (Å²) in [7, 11) is 0. The zero-order valence-electron chi connectivity index (χ0n) is 16.9. The van der Waals surface area contributed by atoms with Gasteiger partial charge in [-0.25, -0.2) is 4.79 Å². The molecule has 0 unspecified atom stereocenters. The summed E-state index contributed by atoms with van der Waals surface area (Å²) < 4.78 is 9.86. The van der Waals surface area contributed by atoms with Crippen molar-refractivity contribution >= 4 is 95.1 Å². The lowest BCUT2D eigenvalue weighted by Gasteiger charge is -2.12. The molecule has 0 aliphatic carbocycles. The van der Waals surface area contributed by atoms with Gasteiger partial charge in [0.15, 0.2) is 0 Å². The molecule has 1 fully saturated rings. The summed E-state index contributed by atoms with van der Waals surface area (Å²) >= 11 is 11.3. The summed E-state index contributed by atoms with van der Waals surface area (Å²) in [6.45, 7) is 0.673. The molecule has 0 atom stereocenters. The Balaban J connectivity index is 1.49. The summed E-state index contributed by atoms with van der Waals surface area (Å²) in [6, 6.07) is 19.0. The van der Waals surface area contributed by atoms with E-state index in [0.29, 0.717) is 6.61 Å². The third-order valence-electron chi connectivity index (χ3n) is 4.84. The molecule has 1 N–H and O–H groups in total. The zero-order valence-corrected chi connectivity index (χ0v) is 24.4. The van der Waals surface area contributed by atoms with E-state index in [0.717, 1.165) is 38.5 Å². The zero-order chi connectivity index (χ0) is 23.5. The lowest BCUT2D eigenvalue weighted by Crippen LogP contribution is -2.30. The molecule has 0 aromatic heterocycles. The highest BCUT2D eigenvalue weighted by atomic mass is 127.